The van der Waals surface area contributed by atoms with E-state index in [4.69, 9.17) is 4.74 Å². The monoisotopic (exact) mass is 714 g/mol. The van der Waals surface area contributed by atoms with Gasteiger partial charge in [-0.3, -0.25) is 19.5 Å². The number of anilines is 2. The number of hydrogen-bond donors (Lipinski definition) is 1. The van der Waals surface area contributed by atoms with E-state index in [0.29, 0.717) is 48.7 Å². The lowest BCUT2D eigenvalue weighted by atomic mass is 10.0. The average molecular weight is 715 g/mol. The highest BCUT2D eigenvalue weighted by atomic mass is 32.2. The van der Waals surface area contributed by atoms with Gasteiger partial charge in [0.15, 0.2) is 11.0 Å². The molecule has 0 bridgehead atoms. The molecule has 0 radical (unpaired) electrons. The standard InChI is InChI=1S/C32H26N8O8S2/c33-19-26-28(21-7-3-1-4-8-21)35-32(49-20-27(41)34-22-11-13-23(14-12-22)39(42)43)36-29(26)38-17-15-24(16-18-38)47-30-31(40(44)48-37-30)50(45,46)25-9-5-2-6-10-25/h1-14,24H,15-18,20H2,(H,34,41). The summed E-state index contributed by atoms with van der Waals surface area (Å²) in [4.78, 5) is 34.0. The number of nitrogens with zero attached hydrogens (tertiary/aromatic N) is 7. The summed E-state index contributed by atoms with van der Waals surface area (Å²) in [5.74, 6) is -0.570. The smallest absolute Gasteiger partial charge is 0.415 e. The van der Waals surface area contributed by atoms with Crippen LogP contribution in [0.3, 0.4) is 0 Å². The van der Waals surface area contributed by atoms with Gasteiger partial charge >= 0.3 is 10.9 Å². The fraction of sp³-hybridized carbons (Fsp3) is 0.188. The van der Waals surface area contributed by atoms with Crippen LogP contribution in [0.25, 0.3) is 11.3 Å². The first-order valence-electron chi connectivity index (χ1n) is 15.0. The van der Waals surface area contributed by atoms with Gasteiger partial charge in [0.2, 0.25) is 5.91 Å². The van der Waals surface area contributed by atoms with Gasteiger partial charge in [0.1, 0.15) is 17.7 Å². The van der Waals surface area contributed by atoms with Gasteiger partial charge in [0.05, 0.1) is 26.4 Å². The lowest BCUT2D eigenvalue weighted by molar-refractivity contribution is -0.832. The molecule has 0 aliphatic carbocycles. The molecule has 18 heteroatoms. The number of carbonyl (C=O) groups excluding carboxylic acids is 1. The van der Waals surface area contributed by atoms with Crippen LogP contribution in [0.5, 0.6) is 5.88 Å². The molecule has 50 heavy (non-hydrogen) atoms. The molecular formula is C32H26N8O8S2. The Morgan fingerprint density at radius 1 is 1.06 bits per heavy atom. The van der Waals surface area contributed by atoms with Crippen molar-refractivity contribution in [1.29, 1.82) is 5.26 Å². The highest BCUT2D eigenvalue weighted by Gasteiger charge is 2.38. The number of rotatable bonds is 11. The molecule has 3 heterocycles. The maximum Gasteiger partial charge on any atom is 0.415 e. The Balaban J connectivity index is 1.19. The number of non-ortho nitro benzene ring substituents is 1. The molecule has 1 aliphatic heterocycles. The molecule has 3 aromatic carbocycles. The molecule has 2 aromatic heterocycles. The van der Waals surface area contributed by atoms with Gasteiger partial charge in [0.25, 0.3) is 15.5 Å². The molecule has 5 aromatic rings. The van der Waals surface area contributed by atoms with Crippen LogP contribution in [0.15, 0.2) is 105 Å². The van der Waals surface area contributed by atoms with Crippen LogP contribution in [0.4, 0.5) is 17.2 Å². The van der Waals surface area contributed by atoms with Gasteiger partial charge in [-0.25, -0.2) is 18.4 Å². The number of nitro benzene ring substituents is 1. The minimum absolute atomic E-state index is 0.0852. The van der Waals surface area contributed by atoms with Crippen LogP contribution in [0.1, 0.15) is 18.4 Å². The van der Waals surface area contributed by atoms with Crippen molar-refractivity contribution >= 4 is 44.7 Å². The van der Waals surface area contributed by atoms with Gasteiger partial charge in [0, 0.05) is 49.3 Å². The van der Waals surface area contributed by atoms with Gasteiger partial charge in [-0.1, -0.05) is 60.3 Å². The number of amides is 1. The third-order valence-corrected chi connectivity index (χ3v) is 10.2. The number of carbonyl (C=O) groups is 1. The lowest BCUT2D eigenvalue weighted by Crippen LogP contribution is -2.39. The summed E-state index contributed by atoms with van der Waals surface area (Å²) in [7, 11) is -4.29. The number of ether oxygens (including phenoxy) is 1. The first-order valence-corrected chi connectivity index (χ1v) is 17.5. The number of piperidine rings is 1. The molecule has 1 fully saturated rings. The van der Waals surface area contributed by atoms with Gasteiger partial charge in [-0.15, -0.1) is 0 Å². The van der Waals surface area contributed by atoms with Crippen molar-refractivity contribution in [2.24, 2.45) is 0 Å². The second-order valence-corrected chi connectivity index (χ2v) is 13.6. The van der Waals surface area contributed by atoms with Crippen LogP contribution >= 0.6 is 11.8 Å². The Hall–Kier alpha value is -6.06. The van der Waals surface area contributed by atoms with Gasteiger partial charge in [-0.05, 0) is 29.2 Å². The molecule has 1 saturated heterocycles. The van der Waals surface area contributed by atoms with Crippen molar-refractivity contribution in [2.45, 2.75) is 34.0 Å². The fourth-order valence-electron chi connectivity index (χ4n) is 5.19. The number of nitrogens with one attached hydrogen (secondary N) is 1. The van der Waals surface area contributed by atoms with Crippen LogP contribution in [0.2, 0.25) is 0 Å². The van der Waals surface area contributed by atoms with Crippen LogP contribution in [-0.4, -0.2) is 59.3 Å². The van der Waals surface area contributed by atoms with Crippen molar-refractivity contribution in [3.8, 4) is 23.2 Å². The highest BCUT2D eigenvalue weighted by molar-refractivity contribution is 7.99. The number of nitro groups is 1. The van der Waals surface area contributed by atoms with Crippen LogP contribution in [0, 0.1) is 26.7 Å². The second-order valence-electron chi connectivity index (χ2n) is 10.8. The first kappa shape index (κ1) is 33.8. The van der Waals surface area contributed by atoms with E-state index in [1.807, 2.05) is 35.2 Å². The number of hydrogen-bond acceptors (Lipinski definition) is 14. The maximum absolute atomic E-state index is 13.2. The third kappa shape index (κ3) is 7.33. The summed E-state index contributed by atoms with van der Waals surface area (Å²) in [6.07, 6.45) is 0.164. The predicted octanol–water partition coefficient (Wildman–Crippen LogP) is 4.16. The Morgan fingerprint density at radius 2 is 1.72 bits per heavy atom. The van der Waals surface area contributed by atoms with E-state index >= 15 is 0 Å². The van der Waals surface area contributed by atoms with Crippen molar-refractivity contribution in [2.75, 3.05) is 29.1 Å². The summed E-state index contributed by atoms with van der Waals surface area (Å²) in [5, 5.41) is 39.3. The quantitative estimate of drug-likeness (QED) is 0.0668. The molecule has 0 saturated carbocycles. The van der Waals surface area contributed by atoms with Gasteiger partial charge in [-0.2, -0.15) is 5.26 Å². The molecule has 0 unspecified atom stereocenters. The van der Waals surface area contributed by atoms with E-state index in [1.165, 1.54) is 48.5 Å². The number of benzene rings is 3. The largest absolute Gasteiger partial charge is 0.451 e. The minimum Gasteiger partial charge on any atom is -0.451 e. The van der Waals surface area contributed by atoms with Crippen molar-refractivity contribution in [3.63, 3.8) is 0 Å². The molecule has 254 valence electrons. The molecular weight excluding hydrogens is 689 g/mol. The maximum atomic E-state index is 13.2. The molecule has 1 amide bonds. The van der Waals surface area contributed by atoms with E-state index < -0.39 is 37.7 Å². The fourth-order valence-corrected chi connectivity index (χ4v) is 7.11. The first-order chi connectivity index (χ1) is 24.1. The van der Waals surface area contributed by atoms with Crippen molar-refractivity contribution in [3.05, 3.63) is 106 Å². The highest BCUT2D eigenvalue weighted by Crippen LogP contribution is 2.33. The van der Waals surface area contributed by atoms with E-state index in [9.17, 15) is 33.8 Å². The number of sulfone groups is 1. The van der Waals surface area contributed by atoms with Gasteiger partial charge < -0.3 is 20.2 Å². The SMILES string of the molecule is N#Cc1c(-c2ccccc2)nc(SCC(=O)Nc2ccc([N+](=O)[O-])cc2)nc1N1CCC(Oc2no[n+]([O-])c2S(=O)(=O)c2ccccc2)CC1. The predicted molar refractivity (Wildman–Crippen MR) is 178 cm³/mol. The molecule has 6 rings (SSSR count). The molecule has 16 nitrogen and oxygen atoms in total. The van der Waals surface area contributed by atoms with E-state index in [-0.39, 0.29) is 32.0 Å². The van der Waals surface area contributed by atoms with E-state index in [2.05, 4.69) is 31.1 Å². The normalized spacial score (nSPS) is 13.4. The zero-order chi connectivity index (χ0) is 35.3. The minimum atomic E-state index is -4.29. The lowest BCUT2D eigenvalue weighted by Gasteiger charge is -2.32. The number of nitriles is 1. The summed E-state index contributed by atoms with van der Waals surface area (Å²) < 4.78 is 36.9. The Morgan fingerprint density at radius 3 is 2.36 bits per heavy atom. The number of thioether (sulfide) groups is 1. The molecule has 0 spiro atoms. The molecule has 0 atom stereocenters. The topological polar surface area (TPSA) is 221 Å². The molecule has 1 N–H and O–H groups in total. The van der Waals surface area contributed by atoms with E-state index in [0.717, 1.165) is 11.8 Å². The Labute approximate surface area is 288 Å². The van der Waals surface area contributed by atoms with Crippen LogP contribution in [-0.2, 0) is 14.6 Å². The van der Waals surface area contributed by atoms with Crippen LogP contribution < -0.4 is 19.9 Å². The summed E-state index contributed by atoms with van der Waals surface area (Å²) >= 11 is 1.06. The second kappa shape index (κ2) is 14.6. The number of aromatic nitrogens is 4. The third-order valence-electron chi connectivity index (χ3n) is 7.60. The van der Waals surface area contributed by atoms with Crippen molar-refractivity contribution in [1.82, 2.24) is 15.1 Å². The van der Waals surface area contributed by atoms with Crippen molar-refractivity contribution < 1.29 is 32.4 Å². The zero-order valence-corrected chi connectivity index (χ0v) is 27.5. The Bertz CT molecular complexity index is 2170. The zero-order valence-electron chi connectivity index (χ0n) is 25.9. The summed E-state index contributed by atoms with van der Waals surface area (Å²) in [5.41, 5.74) is 1.57. The van der Waals surface area contributed by atoms with E-state index in [1.54, 1.807) is 6.07 Å². The molecule has 1 aliphatic rings. The summed E-state index contributed by atoms with van der Waals surface area (Å²) in [6, 6.07) is 24.1. The summed E-state index contributed by atoms with van der Waals surface area (Å²) in [6.45, 7) is 0.677. The Kier molecular flexibility index (Phi) is 9.87. The average Bonchev–Trinajstić information content (AvgIpc) is 3.51.